The summed E-state index contributed by atoms with van der Waals surface area (Å²) in [6.07, 6.45) is 1.15. The molecule has 2 heterocycles. The summed E-state index contributed by atoms with van der Waals surface area (Å²) in [6, 6.07) is 11.2. The molecule has 0 fully saturated rings. The molecule has 6 nitrogen and oxygen atoms in total. The summed E-state index contributed by atoms with van der Waals surface area (Å²) in [5.41, 5.74) is 6.88. The van der Waals surface area contributed by atoms with Gasteiger partial charge in [-0.25, -0.2) is 9.37 Å². The molecule has 0 aliphatic rings. The lowest BCUT2D eigenvalue weighted by Gasteiger charge is -2.09. The third-order valence-corrected chi connectivity index (χ3v) is 5.25. The van der Waals surface area contributed by atoms with Crippen molar-refractivity contribution in [2.75, 3.05) is 5.32 Å². The zero-order valence-corrected chi connectivity index (χ0v) is 15.8. The Morgan fingerprint density at radius 1 is 1.39 bits per heavy atom. The molecule has 4 N–H and O–H groups in total. The van der Waals surface area contributed by atoms with E-state index in [-0.39, 0.29) is 5.56 Å². The zero-order chi connectivity index (χ0) is 20.3. The number of carbonyl (C=O) groups is 1. The summed E-state index contributed by atoms with van der Waals surface area (Å²) < 4.78 is 14.6. The lowest BCUT2D eigenvalue weighted by atomic mass is 10.0. The van der Waals surface area contributed by atoms with Crippen LogP contribution in [-0.2, 0) is 0 Å². The van der Waals surface area contributed by atoms with Crippen molar-refractivity contribution in [3.05, 3.63) is 65.1 Å². The van der Waals surface area contributed by atoms with Gasteiger partial charge in [-0.3, -0.25) is 4.79 Å². The molecule has 28 heavy (non-hydrogen) atoms. The minimum Gasteiger partial charge on any atom is -0.388 e. The highest BCUT2D eigenvalue weighted by Gasteiger charge is 2.18. The van der Waals surface area contributed by atoms with Crippen molar-refractivity contribution < 1.29 is 14.3 Å². The monoisotopic (exact) mass is 396 g/mol. The molecule has 0 radical (unpaired) electrons. The summed E-state index contributed by atoms with van der Waals surface area (Å²) in [5.74, 6) is -0.723. The Labute approximate surface area is 165 Å². The first-order chi connectivity index (χ1) is 13.4. The van der Waals surface area contributed by atoms with E-state index in [1.165, 1.54) is 18.3 Å². The van der Waals surface area contributed by atoms with E-state index in [9.17, 15) is 14.3 Å². The molecule has 0 bridgehead atoms. The smallest absolute Gasteiger partial charge is 0.251 e. The highest BCUT2D eigenvalue weighted by Crippen LogP contribution is 2.38. The molecule has 1 unspecified atom stereocenters. The molecule has 0 aliphatic carbocycles. The average Bonchev–Trinajstić information content (AvgIpc) is 3.11. The third-order valence-electron chi connectivity index (χ3n) is 4.16. The molecule has 0 aliphatic heterocycles. The Morgan fingerprint density at radius 3 is 2.75 bits per heavy atom. The van der Waals surface area contributed by atoms with E-state index in [0.717, 1.165) is 11.3 Å². The number of anilines is 2. The van der Waals surface area contributed by atoms with Crippen molar-refractivity contribution in [1.29, 1.82) is 5.26 Å². The molecule has 3 rings (SSSR count). The minimum absolute atomic E-state index is 0.211. The number of aliphatic hydroxyl groups is 1. The number of carbonyl (C=O) groups excluding carboxylic acids is 1. The van der Waals surface area contributed by atoms with Crippen molar-refractivity contribution in [1.82, 2.24) is 4.98 Å². The molecule has 1 atom stereocenters. The number of nitrogens with zero attached hydrogens (tertiary/aromatic N) is 2. The minimum atomic E-state index is -0.729. The number of primary amides is 1. The van der Waals surface area contributed by atoms with Crippen LogP contribution in [0, 0.1) is 17.1 Å². The lowest BCUT2D eigenvalue weighted by molar-refractivity contribution is 0.100. The summed E-state index contributed by atoms with van der Waals surface area (Å²) in [6.45, 7) is 1.81. The molecule has 3 aromatic rings. The van der Waals surface area contributed by atoms with Crippen LogP contribution >= 0.6 is 11.3 Å². The van der Waals surface area contributed by atoms with Gasteiger partial charge < -0.3 is 16.2 Å². The van der Waals surface area contributed by atoms with Crippen LogP contribution in [0.25, 0.3) is 10.4 Å². The number of nitrogens with one attached hydrogen (secondary N) is 1. The number of rotatable bonds is 6. The van der Waals surface area contributed by atoms with E-state index < -0.39 is 17.8 Å². The maximum absolute atomic E-state index is 14.6. The van der Waals surface area contributed by atoms with Crippen LogP contribution in [0.3, 0.4) is 0 Å². The van der Waals surface area contributed by atoms with Gasteiger partial charge in [0.2, 0.25) is 0 Å². The number of thiophene rings is 1. The van der Waals surface area contributed by atoms with Crippen molar-refractivity contribution in [3.63, 3.8) is 0 Å². The van der Waals surface area contributed by atoms with E-state index in [4.69, 9.17) is 11.0 Å². The highest BCUT2D eigenvalue weighted by molar-refractivity contribution is 7.19. The van der Waals surface area contributed by atoms with Crippen LogP contribution in [0.4, 0.5) is 15.2 Å². The van der Waals surface area contributed by atoms with Gasteiger partial charge in [0, 0.05) is 16.6 Å². The molecule has 0 spiro atoms. The summed E-state index contributed by atoms with van der Waals surface area (Å²) in [4.78, 5) is 16.4. The van der Waals surface area contributed by atoms with E-state index in [0.29, 0.717) is 38.8 Å². The van der Waals surface area contributed by atoms with Gasteiger partial charge in [-0.15, -0.1) is 11.3 Å². The molecule has 2 aromatic heterocycles. The Kier molecular flexibility index (Phi) is 5.68. The first kappa shape index (κ1) is 19.5. The van der Waals surface area contributed by atoms with Crippen LogP contribution in [-0.4, -0.2) is 16.0 Å². The van der Waals surface area contributed by atoms with Crippen molar-refractivity contribution in [2.24, 2.45) is 5.73 Å². The van der Waals surface area contributed by atoms with Gasteiger partial charge in [0.25, 0.3) is 5.91 Å². The van der Waals surface area contributed by atoms with Crippen LogP contribution in [0.15, 0.2) is 42.6 Å². The van der Waals surface area contributed by atoms with Crippen LogP contribution in [0.5, 0.6) is 0 Å². The van der Waals surface area contributed by atoms with Gasteiger partial charge in [0.05, 0.1) is 17.2 Å². The predicted molar refractivity (Wildman–Crippen MR) is 106 cm³/mol. The number of pyridine rings is 1. The maximum atomic E-state index is 14.6. The Bertz CT molecular complexity index is 1060. The number of nitriles is 1. The number of benzene rings is 1. The highest BCUT2D eigenvalue weighted by atomic mass is 32.1. The van der Waals surface area contributed by atoms with E-state index in [1.54, 1.807) is 24.3 Å². The second kappa shape index (κ2) is 8.17. The predicted octanol–water partition coefficient (Wildman–Crippen LogP) is 4.11. The summed E-state index contributed by atoms with van der Waals surface area (Å²) in [5, 5.41) is 22.1. The largest absolute Gasteiger partial charge is 0.388 e. The van der Waals surface area contributed by atoms with Crippen molar-refractivity contribution in [3.8, 4) is 16.5 Å². The zero-order valence-electron chi connectivity index (χ0n) is 14.9. The van der Waals surface area contributed by atoms with E-state index in [1.807, 2.05) is 13.0 Å². The van der Waals surface area contributed by atoms with Gasteiger partial charge in [-0.1, -0.05) is 19.1 Å². The summed E-state index contributed by atoms with van der Waals surface area (Å²) in [7, 11) is 0. The van der Waals surface area contributed by atoms with Crippen molar-refractivity contribution in [2.45, 2.75) is 19.4 Å². The van der Waals surface area contributed by atoms with E-state index in [2.05, 4.69) is 10.3 Å². The van der Waals surface area contributed by atoms with Gasteiger partial charge in [0.1, 0.15) is 22.7 Å². The van der Waals surface area contributed by atoms with Crippen LogP contribution in [0.2, 0.25) is 0 Å². The molecule has 1 amide bonds. The first-order valence-electron chi connectivity index (χ1n) is 8.47. The molecule has 0 saturated heterocycles. The lowest BCUT2D eigenvalue weighted by Crippen LogP contribution is -2.11. The van der Waals surface area contributed by atoms with Crippen molar-refractivity contribution >= 4 is 28.1 Å². The molecule has 1 aromatic carbocycles. The molecular formula is C20H17FN4O2S. The number of hydrogen-bond acceptors (Lipinski definition) is 6. The Morgan fingerprint density at radius 2 is 2.18 bits per heavy atom. The van der Waals surface area contributed by atoms with Crippen LogP contribution in [0.1, 0.15) is 40.9 Å². The molecule has 0 saturated carbocycles. The Hall–Kier alpha value is -3.28. The van der Waals surface area contributed by atoms with Crippen LogP contribution < -0.4 is 11.1 Å². The third kappa shape index (κ3) is 4.01. The number of aromatic nitrogens is 1. The number of aliphatic hydroxyl groups excluding tert-OH is 1. The standard InChI is InChI=1S/C20H17FN4O2S/c1-2-16(26)12-4-5-13(15(21)7-12)17-8-14(19(23)27)20(28-17)25-18-6-3-11(9-22)10-24-18/h3-8,10,16,26H,2H2,1H3,(H2,23,27)(H,24,25). The normalized spacial score (nSPS) is 11.6. The second-order valence-corrected chi connectivity index (χ2v) is 7.10. The van der Waals surface area contributed by atoms with Gasteiger partial charge in [-0.2, -0.15) is 5.26 Å². The number of hydrogen-bond donors (Lipinski definition) is 3. The number of amides is 1. The number of nitrogens with two attached hydrogens (primary N) is 1. The second-order valence-electron chi connectivity index (χ2n) is 6.05. The quantitative estimate of drug-likeness (QED) is 0.580. The number of halogens is 1. The molecular weight excluding hydrogens is 379 g/mol. The topological polar surface area (TPSA) is 112 Å². The molecule has 142 valence electrons. The first-order valence-corrected chi connectivity index (χ1v) is 9.29. The SMILES string of the molecule is CCC(O)c1ccc(-c2cc(C(N)=O)c(Nc3ccc(C#N)cn3)s2)c(F)c1. The summed E-state index contributed by atoms with van der Waals surface area (Å²) >= 11 is 1.16. The average molecular weight is 396 g/mol. The van der Waals surface area contributed by atoms with Gasteiger partial charge in [-0.05, 0) is 36.2 Å². The fraction of sp³-hybridized carbons (Fsp3) is 0.150. The molecule has 8 heteroatoms. The van der Waals surface area contributed by atoms with Gasteiger partial charge >= 0.3 is 0 Å². The van der Waals surface area contributed by atoms with E-state index >= 15 is 0 Å². The Balaban J connectivity index is 1.96. The fourth-order valence-corrected chi connectivity index (χ4v) is 3.72. The van der Waals surface area contributed by atoms with Gasteiger partial charge in [0.15, 0.2) is 0 Å². The maximum Gasteiger partial charge on any atom is 0.251 e. The fourth-order valence-electron chi connectivity index (χ4n) is 2.62.